The maximum Gasteiger partial charge on any atom is 0.307 e. The van der Waals surface area contributed by atoms with E-state index in [2.05, 4.69) is 5.32 Å². The molecule has 0 fully saturated rings. The summed E-state index contributed by atoms with van der Waals surface area (Å²) in [5.41, 5.74) is 1.84. The predicted molar refractivity (Wildman–Crippen MR) is 92.6 cm³/mol. The molecule has 24 heavy (non-hydrogen) atoms. The number of aliphatic carboxylic acids is 1. The van der Waals surface area contributed by atoms with Gasteiger partial charge in [0, 0.05) is 11.3 Å². The molecule has 0 aromatic heterocycles. The van der Waals surface area contributed by atoms with Gasteiger partial charge in [0.1, 0.15) is 5.75 Å². The van der Waals surface area contributed by atoms with Gasteiger partial charge in [-0.05, 0) is 55.3 Å². The van der Waals surface area contributed by atoms with Gasteiger partial charge in [0.2, 0.25) is 0 Å². The maximum absolute atomic E-state index is 12.2. The Kier molecular flexibility index (Phi) is 5.95. The van der Waals surface area contributed by atoms with Crippen LogP contribution in [0.5, 0.6) is 5.75 Å². The molecule has 0 aliphatic rings. The van der Waals surface area contributed by atoms with Crippen molar-refractivity contribution in [3.05, 3.63) is 59.7 Å². The Labute approximate surface area is 141 Å². The normalized spacial score (nSPS) is 11.6. The number of hydrogen-bond donors (Lipinski definition) is 2. The Balaban J connectivity index is 1.97. The highest BCUT2D eigenvalue weighted by molar-refractivity contribution is 6.04. The third-order valence-electron chi connectivity index (χ3n) is 3.60. The lowest BCUT2D eigenvalue weighted by Gasteiger charge is -2.12. The average Bonchev–Trinajstić information content (AvgIpc) is 2.56. The molecule has 0 radical (unpaired) electrons. The molecular formula is C19H21NO4. The van der Waals surface area contributed by atoms with E-state index in [4.69, 9.17) is 9.84 Å². The van der Waals surface area contributed by atoms with Gasteiger partial charge in [-0.1, -0.05) is 19.1 Å². The second-order valence-electron chi connectivity index (χ2n) is 5.58. The summed E-state index contributed by atoms with van der Waals surface area (Å²) >= 11 is 0. The SMILES string of the molecule is CC[C@@H](C)Oc1ccc(C(=O)Nc2ccc(CC(=O)O)cc2)cc1. The van der Waals surface area contributed by atoms with Crippen molar-refractivity contribution in [2.24, 2.45) is 0 Å². The van der Waals surface area contributed by atoms with Crippen LogP contribution in [0.1, 0.15) is 36.2 Å². The number of ether oxygens (including phenoxy) is 1. The molecule has 0 saturated carbocycles. The molecule has 2 aromatic carbocycles. The standard InChI is InChI=1S/C19H21NO4/c1-3-13(2)24-17-10-6-15(7-11-17)19(23)20-16-8-4-14(5-9-16)12-18(21)22/h4-11,13H,3,12H2,1-2H3,(H,20,23)(H,21,22)/t13-/m1/s1. The lowest BCUT2D eigenvalue weighted by Crippen LogP contribution is -2.13. The lowest BCUT2D eigenvalue weighted by molar-refractivity contribution is -0.136. The predicted octanol–water partition coefficient (Wildman–Crippen LogP) is 3.74. The van der Waals surface area contributed by atoms with Gasteiger partial charge in [0.15, 0.2) is 0 Å². The highest BCUT2D eigenvalue weighted by Gasteiger charge is 2.08. The zero-order valence-corrected chi connectivity index (χ0v) is 13.8. The summed E-state index contributed by atoms with van der Waals surface area (Å²) in [6, 6.07) is 13.7. The molecule has 0 unspecified atom stereocenters. The van der Waals surface area contributed by atoms with Crippen molar-refractivity contribution in [3.8, 4) is 5.75 Å². The van der Waals surface area contributed by atoms with Crippen LogP contribution in [0.2, 0.25) is 0 Å². The molecule has 5 heteroatoms. The summed E-state index contributed by atoms with van der Waals surface area (Å²) < 4.78 is 5.68. The summed E-state index contributed by atoms with van der Waals surface area (Å²) in [4.78, 5) is 22.9. The fourth-order valence-electron chi connectivity index (χ4n) is 2.08. The van der Waals surface area contributed by atoms with Gasteiger partial charge in [-0.15, -0.1) is 0 Å². The largest absolute Gasteiger partial charge is 0.491 e. The van der Waals surface area contributed by atoms with Gasteiger partial charge >= 0.3 is 5.97 Å². The van der Waals surface area contributed by atoms with Crippen molar-refractivity contribution in [2.75, 3.05) is 5.32 Å². The highest BCUT2D eigenvalue weighted by atomic mass is 16.5. The molecule has 0 saturated heterocycles. The Morgan fingerprint density at radius 3 is 2.25 bits per heavy atom. The average molecular weight is 327 g/mol. The molecule has 5 nitrogen and oxygen atoms in total. The monoisotopic (exact) mass is 327 g/mol. The van der Waals surface area contributed by atoms with E-state index in [1.807, 2.05) is 13.8 Å². The van der Waals surface area contributed by atoms with Crippen LogP contribution in [0.25, 0.3) is 0 Å². The van der Waals surface area contributed by atoms with E-state index >= 15 is 0 Å². The van der Waals surface area contributed by atoms with Gasteiger partial charge in [0.05, 0.1) is 12.5 Å². The van der Waals surface area contributed by atoms with E-state index in [1.165, 1.54) is 0 Å². The van der Waals surface area contributed by atoms with Crippen LogP contribution < -0.4 is 10.1 Å². The molecule has 2 N–H and O–H groups in total. The summed E-state index contributed by atoms with van der Waals surface area (Å²) in [6.07, 6.45) is 1.01. The minimum atomic E-state index is -0.883. The third-order valence-corrected chi connectivity index (χ3v) is 3.60. The quantitative estimate of drug-likeness (QED) is 0.812. The van der Waals surface area contributed by atoms with Crippen LogP contribution in [-0.4, -0.2) is 23.1 Å². The smallest absolute Gasteiger partial charge is 0.307 e. The number of carbonyl (C=O) groups is 2. The number of rotatable bonds is 7. The van der Waals surface area contributed by atoms with Gasteiger partial charge < -0.3 is 15.2 Å². The van der Waals surface area contributed by atoms with E-state index in [1.54, 1.807) is 48.5 Å². The molecular weight excluding hydrogens is 306 g/mol. The van der Waals surface area contributed by atoms with Gasteiger partial charge in [-0.25, -0.2) is 0 Å². The number of nitrogens with one attached hydrogen (secondary N) is 1. The van der Waals surface area contributed by atoms with E-state index in [-0.39, 0.29) is 18.4 Å². The minimum Gasteiger partial charge on any atom is -0.491 e. The van der Waals surface area contributed by atoms with E-state index in [0.717, 1.165) is 12.2 Å². The van der Waals surface area contributed by atoms with Crippen LogP contribution in [0.3, 0.4) is 0 Å². The number of amides is 1. The molecule has 126 valence electrons. The van der Waals surface area contributed by atoms with E-state index in [9.17, 15) is 9.59 Å². The highest BCUT2D eigenvalue weighted by Crippen LogP contribution is 2.17. The maximum atomic E-state index is 12.2. The first-order valence-electron chi connectivity index (χ1n) is 7.86. The Hall–Kier alpha value is -2.82. The Morgan fingerprint density at radius 1 is 1.08 bits per heavy atom. The molecule has 0 heterocycles. The van der Waals surface area contributed by atoms with Crippen LogP contribution in [0.4, 0.5) is 5.69 Å². The fraction of sp³-hybridized carbons (Fsp3) is 0.263. The number of hydrogen-bond acceptors (Lipinski definition) is 3. The molecule has 2 aromatic rings. The number of benzene rings is 2. The van der Waals surface area contributed by atoms with Crippen molar-refractivity contribution in [2.45, 2.75) is 32.8 Å². The third kappa shape index (κ3) is 5.12. The van der Waals surface area contributed by atoms with E-state index < -0.39 is 5.97 Å². The first-order valence-corrected chi connectivity index (χ1v) is 7.86. The van der Waals surface area contributed by atoms with Gasteiger partial charge in [-0.3, -0.25) is 9.59 Å². The summed E-state index contributed by atoms with van der Waals surface area (Å²) in [7, 11) is 0. The first kappa shape index (κ1) is 17.5. The van der Waals surface area contributed by atoms with Crippen LogP contribution in [0.15, 0.2) is 48.5 Å². The second kappa shape index (κ2) is 8.15. The topological polar surface area (TPSA) is 75.6 Å². The molecule has 1 atom stereocenters. The van der Waals surface area contributed by atoms with Crippen LogP contribution >= 0.6 is 0 Å². The van der Waals surface area contributed by atoms with Crippen molar-refractivity contribution >= 4 is 17.6 Å². The molecule has 0 aliphatic heterocycles. The van der Waals surface area contributed by atoms with Crippen molar-refractivity contribution in [1.29, 1.82) is 0 Å². The number of carboxylic acid groups (broad SMARTS) is 1. The van der Waals surface area contributed by atoms with Crippen molar-refractivity contribution in [1.82, 2.24) is 0 Å². The number of carboxylic acids is 1. The molecule has 2 rings (SSSR count). The molecule has 0 bridgehead atoms. The van der Waals surface area contributed by atoms with Crippen molar-refractivity contribution in [3.63, 3.8) is 0 Å². The number of carbonyl (C=O) groups excluding carboxylic acids is 1. The fourth-order valence-corrected chi connectivity index (χ4v) is 2.08. The first-order chi connectivity index (χ1) is 11.5. The molecule has 1 amide bonds. The van der Waals surface area contributed by atoms with E-state index in [0.29, 0.717) is 16.8 Å². The van der Waals surface area contributed by atoms with Crippen molar-refractivity contribution < 1.29 is 19.4 Å². The Morgan fingerprint density at radius 2 is 1.71 bits per heavy atom. The van der Waals surface area contributed by atoms with Gasteiger partial charge in [-0.2, -0.15) is 0 Å². The summed E-state index contributed by atoms with van der Waals surface area (Å²) in [5.74, 6) is -0.374. The molecule has 0 spiro atoms. The van der Waals surface area contributed by atoms with Gasteiger partial charge in [0.25, 0.3) is 5.91 Å². The summed E-state index contributed by atoms with van der Waals surface area (Å²) in [6.45, 7) is 4.04. The Bertz CT molecular complexity index is 692. The molecule has 0 aliphatic carbocycles. The lowest BCUT2D eigenvalue weighted by atomic mass is 10.1. The second-order valence-corrected chi connectivity index (χ2v) is 5.58. The zero-order chi connectivity index (χ0) is 17.5. The number of anilines is 1. The minimum absolute atomic E-state index is 0.0358. The summed E-state index contributed by atoms with van der Waals surface area (Å²) in [5, 5.41) is 11.5. The zero-order valence-electron chi connectivity index (χ0n) is 13.8. The van der Waals surface area contributed by atoms with Crippen LogP contribution in [0, 0.1) is 0 Å². The van der Waals surface area contributed by atoms with Crippen LogP contribution in [-0.2, 0) is 11.2 Å².